The van der Waals surface area contributed by atoms with E-state index >= 15 is 0 Å². The number of likely N-dealkylation sites (N-methyl/N-ethyl adjacent to an activating group) is 1. The molecule has 1 aromatic carbocycles. The number of nitrogens with zero attached hydrogens (tertiary/aromatic N) is 2. The van der Waals surface area contributed by atoms with Gasteiger partial charge in [0.1, 0.15) is 5.25 Å². The van der Waals surface area contributed by atoms with Gasteiger partial charge in [-0.3, -0.25) is 14.4 Å². The monoisotopic (exact) mass is 361 g/mol. The number of rotatable bonds is 6. The Morgan fingerprint density at radius 1 is 1.28 bits per heavy atom. The van der Waals surface area contributed by atoms with Crippen molar-refractivity contribution in [3.63, 3.8) is 0 Å². The summed E-state index contributed by atoms with van der Waals surface area (Å²) in [5.74, 6) is -0.616. The Morgan fingerprint density at radius 2 is 1.96 bits per heavy atom. The van der Waals surface area contributed by atoms with Crippen LogP contribution in [0.25, 0.3) is 0 Å². The highest BCUT2D eigenvalue weighted by Gasteiger charge is 2.25. The first kappa shape index (κ1) is 18.7. The van der Waals surface area contributed by atoms with E-state index in [1.54, 1.807) is 14.1 Å². The van der Waals surface area contributed by atoms with E-state index < -0.39 is 11.2 Å². The zero-order valence-electron chi connectivity index (χ0n) is 14.2. The molecule has 0 spiro atoms. The fraction of sp³-hybridized carbons (Fsp3) is 0.294. The van der Waals surface area contributed by atoms with Crippen LogP contribution < -0.4 is 5.56 Å². The fourth-order valence-corrected chi connectivity index (χ4v) is 3.24. The molecule has 8 heteroatoms. The zero-order valence-corrected chi connectivity index (χ0v) is 15.0. The number of ether oxygens (including phenoxy) is 1. The highest BCUT2D eigenvalue weighted by molar-refractivity contribution is 8.00. The maximum Gasteiger partial charge on any atom is 0.311 e. The number of nitrogens with one attached hydrogen (secondary N) is 1. The van der Waals surface area contributed by atoms with Crippen molar-refractivity contribution in [3.05, 3.63) is 58.0 Å². The molecule has 0 saturated heterocycles. The van der Waals surface area contributed by atoms with Crippen molar-refractivity contribution in [1.29, 1.82) is 0 Å². The molecule has 0 saturated carbocycles. The first-order chi connectivity index (χ1) is 11.9. The number of aromatic amines is 1. The lowest BCUT2D eigenvalue weighted by Gasteiger charge is -2.20. The van der Waals surface area contributed by atoms with E-state index in [4.69, 9.17) is 0 Å². The fourth-order valence-electron chi connectivity index (χ4n) is 2.08. The summed E-state index contributed by atoms with van der Waals surface area (Å²) in [4.78, 5) is 44.2. The largest absolute Gasteiger partial charge is 0.469 e. The number of hydrogen-bond acceptors (Lipinski definition) is 6. The molecule has 0 unspecified atom stereocenters. The topological polar surface area (TPSA) is 92.4 Å². The highest BCUT2D eigenvalue weighted by Crippen LogP contribution is 2.34. The zero-order chi connectivity index (χ0) is 18.4. The Morgan fingerprint density at radius 3 is 2.56 bits per heavy atom. The normalized spacial score (nSPS) is 11.6. The first-order valence-corrected chi connectivity index (χ1v) is 8.38. The van der Waals surface area contributed by atoms with Crippen LogP contribution in [0.2, 0.25) is 0 Å². The van der Waals surface area contributed by atoms with Gasteiger partial charge in [-0.15, -0.1) is 0 Å². The lowest BCUT2D eigenvalue weighted by atomic mass is 10.1. The van der Waals surface area contributed by atoms with E-state index in [0.717, 1.165) is 17.3 Å². The molecule has 1 atom stereocenters. The summed E-state index contributed by atoms with van der Waals surface area (Å²) in [5, 5.41) is -0.289. The lowest BCUT2D eigenvalue weighted by molar-refractivity contribution is -0.139. The number of H-pyrrole nitrogens is 1. The minimum Gasteiger partial charge on any atom is -0.469 e. The number of esters is 1. The van der Waals surface area contributed by atoms with Crippen LogP contribution in [0, 0.1) is 0 Å². The summed E-state index contributed by atoms with van der Waals surface area (Å²) >= 11 is 1.13. The third kappa shape index (κ3) is 5.18. The van der Waals surface area contributed by atoms with Crippen molar-refractivity contribution >= 4 is 23.6 Å². The van der Waals surface area contributed by atoms with Crippen molar-refractivity contribution < 1.29 is 14.3 Å². The molecule has 2 aromatic rings. The molecular formula is C17H19N3O4S. The quantitative estimate of drug-likeness (QED) is 0.475. The summed E-state index contributed by atoms with van der Waals surface area (Å²) in [6.45, 7) is 0. The van der Waals surface area contributed by atoms with Gasteiger partial charge in [-0.1, -0.05) is 42.1 Å². The molecule has 2 rings (SSSR count). The van der Waals surface area contributed by atoms with E-state index in [1.165, 1.54) is 18.1 Å². The summed E-state index contributed by atoms with van der Waals surface area (Å²) in [7, 11) is 4.61. The highest BCUT2D eigenvalue weighted by atomic mass is 32.2. The van der Waals surface area contributed by atoms with E-state index in [0.29, 0.717) is 5.69 Å². The summed E-state index contributed by atoms with van der Waals surface area (Å²) < 4.78 is 4.60. The number of amides is 1. The number of thioether (sulfide) groups is 1. The van der Waals surface area contributed by atoms with Gasteiger partial charge in [0.15, 0.2) is 5.16 Å². The molecule has 1 aromatic heterocycles. The number of carbonyl (C=O) groups excluding carboxylic acids is 2. The molecule has 0 radical (unpaired) electrons. The predicted molar refractivity (Wildman–Crippen MR) is 94.3 cm³/mol. The molecule has 25 heavy (non-hydrogen) atoms. The molecule has 1 heterocycles. The molecular weight excluding hydrogens is 342 g/mol. The Bertz CT molecular complexity index is 805. The Balaban J connectivity index is 2.34. The van der Waals surface area contributed by atoms with Gasteiger partial charge >= 0.3 is 5.97 Å². The lowest BCUT2D eigenvalue weighted by Crippen LogP contribution is -2.27. The van der Waals surface area contributed by atoms with Gasteiger partial charge in [0.05, 0.1) is 19.2 Å². The van der Waals surface area contributed by atoms with Crippen LogP contribution in [-0.2, 0) is 20.7 Å². The Kier molecular flexibility index (Phi) is 6.35. The standard InChI is InChI=1S/C17H19N3O4S/c1-20(2)16(23)15(11-7-5-4-6-8-11)25-17-18-12(9-13(21)19-17)10-14(22)24-3/h4-9,15H,10H2,1-3H3,(H,18,19,21)/t15-/m0/s1. The van der Waals surface area contributed by atoms with Crippen LogP contribution in [0.3, 0.4) is 0 Å². The SMILES string of the molecule is COC(=O)Cc1cc(=O)[nH]c(S[C@H](C(=O)N(C)C)c2ccccc2)n1. The van der Waals surface area contributed by atoms with Crippen LogP contribution in [0.1, 0.15) is 16.5 Å². The second-order valence-electron chi connectivity index (χ2n) is 5.44. The maximum absolute atomic E-state index is 12.6. The number of methoxy groups -OCH3 is 1. The van der Waals surface area contributed by atoms with Crippen LogP contribution in [0.4, 0.5) is 0 Å². The van der Waals surface area contributed by atoms with Crippen LogP contribution in [0.15, 0.2) is 46.3 Å². The number of benzene rings is 1. The van der Waals surface area contributed by atoms with E-state index in [9.17, 15) is 14.4 Å². The van der Waals surface area contributed by atoms with Crippen molar-refractivity contribution in [2.45, 2.75) is 16.8 Å². The minimum absolute atomic E-state index is 0.106. The van der Waals surface area contributed by atoms with Gasteiger partial charge in [-0.05, 0) is 5.56 Å². The molecule has 0 aliphatic rings. The molecule has 0 fully saturated rings. The van der Waals surface area contributed by atoms with Crippen molar-refractivity contribution in [2.75, 3.05) is 21.2 Å². The average molecular weight is 361 g/mol. The second kappa shape index (κ2) is 8.48. The van der Waals surface area contributed by atoms with Gasteiger partial charge in [-0.2, -0.15) is 0 Å². The van der Waals surface area contributed by atoms with E-state index in [1.807, 2.05) is 30.3 Å². The molecule has 0 aliphatic carbocycles. The first-order valence-electron chi connectivity index (χ1n) is 7.50. The Hall–Kier alpha value is -2.61. The minimum atomic E-state index is -0.562. The van der Waals surface area contributed by atoms with Crippen LogP contribution >= 0.6 is 11.8 Å². The van der Waals surface area contributed by atoms with E-state index in [-0.39, 0.29) is 23.0 Å². The molecule has 1 N–H and O–H groups in total. The molecule has 1 amide bonds. The summed E-state index contributed by atoms with van der Waals surface area (Å²) in [6.07, 6.45) is -0.106. The van der Waals surface area contributed by atoms with E-state index in [2.05, 4.69) is 14.7 Å². The van der Waals surface area contributed by atoms with Crippen molar-refractivity contribution in [2.24, 2.45) is 0 Å². The smallest absolute Gasteiger partial charge is 0.311 e. The molecule has 132 valence electrons. The second-order valence-corrected chi connectivity index (χ2v) is 6.53. The maximum atomic E-state index is 12.6. The predicted octanol–water partition coefficient (Wildman–Crippen LogP) is 1.41. The van der Waals surface area contributed by atoms with Crippen molar-refractivity contribution in [3.8, 4) is 0 Å². The van der Waals surface area contributed by atoms with Gasteiger partial charge in [0.2, 0.25) is 5.91 Å². The molecule has 0 aliphatic heterocycles. The van der Waals surface area contributed by atoms with Gasteiger partial charge in [0, 0.05) is 20.2 Å². The summed E-state index contributed by atoms with van der Waals surface area (Å²) in [6, 6.07) is 10.5. The van der Waals surface area contributed by atoms with Crippen molar-refractivity contribution in [1.82, 2.24) is 14.9 Å². The molecule has 0 bridgehead atoms. The van der Waals surface area contributed by atoms with Crippen LogP contribution in [0.5, 0.6) is 0 Å². The average Bonchev–Trinajstić information content (AvgIpc) is 2.59. The van der Waals surface area contributed by atoms with Gasteiger partial charge in [-0.25, -0.2) is 4.98 Å². The number of hydrogen-bond donors (Lipinski definition) is 1. The third-order valence-electron chi connectivity index (χ3n) is 3.32. The molecule has 7 nitrogen and oxygen atoms in total. The summed E-state index contributed by atoms with van der Waals surface area (Å²) in [5.41, 5.74) is 0.704. The van der Waals surface area contributed by atoms with Gasteiger partial charge < -0.3 is 14.6 Å². The van der Waals surface area contributed by atoms with Gasteiger partial charge in [0.25, 0.3) is 5.56 Å². The number of aromatic nitrogens is 2. The number of carbonyl (C=O) groups is 2. The Labute approximate surface area is 149 Å². The third-order valence-corrected chi connectivity index (χ3v) is 4.45. The van der Waals surface area contributed by atoms with Crippen LogP contribution in [-0.4, -0.2) is 47.9 Å².